The molecule has 3 aliphatic rings. The number of likely N-dealkylation sites (N-methyl/N-ethyl adjacent to an activating group) is 2. The molecule has 0 fully saturated rings. The third kappa shape index (κ3) is 5.47. The molecule has 0 aliphatic carbocycles. The summed E-state index contributed by atoms with van der Waals surface area (Å²) in [5.41, 5.74) is 7.71. The van der Waals surface area contributed by atoms with E-state index in [1.807, 2.05) is 40.1 Å². The van der Waals surface area contributed by atoms with E-state index in [4.69, 9.17) is 11.6 Å². The van der Waals surface area contributed by atoms with Crippen molar-refractivity contribution in [1.29, 1.82) is 0 Å². The zero-order valence-electron chi connectivity index (χ0n) is 26.2. The first-order valence-electron chi connectivity index (χ1n) is 14.4. The summed E-state index contributed by atoms with van der Waals surface area (Å²) in [4.78, 5) is 2.14. The van der Waals surface area contributed by atoms with Crippen LogP contribution < -0.4 is 4.90 Å². The smallest absolute Gasteiger partial charge is 0.209 e. The third-order valence-corrected chi connectivity index (χ3v) is 9.12. The first kappa shape index (κ1) is 30.9. The van der Waals surface area contributed by atoms with E-state index in [0.717, 1.165) is 67.7 Å². The lowest BCUT2D eigenvalue weighted by atomic mass is 9.81. The van der Waals surface area contributed by atoms with Crippen molar-refractivity contribution in [3.63, 3.8) is 0 Å². The largest absolute Gasteiger partial charge is 0.347 e. The Bertz CT molecular complexity index is 1540. The molecule has 0 bridgehead atoms. The highest BCUT2D eigenvalue weighted by molar-refractivity contribution is 6.32. The molecule has 5 rings (SSSR count). The van der Waals surface area contributed by atoms with Gasteiger partial charge in [-0.3, -0.25) is 0 Å². The van der Waals surface area contributed by atoms with Gasteiger partial charge in [-0.05, 0) is 61.9 Å². The number of anilines is 1. The van der Waals surface area contributed by atoms with Crippen molar-refractivity contribution in [2.75, 3.05) is 46.2 Å². The summed E-state index contributed by atoms with van der Waals surface area (Å²) in [6, 6.07) is 10.0. The Labute approximate surface area is 250 Å². The first-order valence-corrected chi connectivity index (χ1v) is 14.8. The lowest BCUT2D eigenvalue weighted by Crippen LogP contribution is -2.45. The van der Waals surface area contributed by atoms with E-state index < -0.39 is 0 Å². The van der Waals surface area contributed by atoms with Gasteiger partial charge in [0.2, 0.25) is 5.69 Å². The molecule has 0 atom stereocenters. The number of halogens is 3. The highest BCUT2D eigenvalue weighted by Gasteiger charge is 2.43. The monoisotopic (exact) mass is 579 g/mol. The minimum atomic E-state index is -0.328. The van der Waals surface area contributed by atoms with E-state index in [9.17, 15) is 8.78 Å². The highest BCUT2D eigenvalue weighted by atomic mass is 35.5. The second kappa shape index (κ2) is 11.0. The number of hydrogen-bond donors (Lipinski definition) is 0. The highest BCUT2D eigenvalue weighted by Crippen LogP contribution is 2.47. The number of rotatable bonds is 3. The van der Waals surface area contributed by atoms with Crippen LogP contribution in [-0.4, -0.2) is 56.1 Å². The van der Waals surface area contributed by atoms with Crippen LogP contribution in [0.25, 0.3) is 0 Å². The van der Waals surface area contributed by atoms with Crippen LogP contribution >= 0.6 is 11.6 Å². The van der Waals surface area contributed by atoms with Crippen LogP contribution in [0.15, 0.2) is 82.6 Å². The van der Waals surface area contributed by atoms with Gasteiger partial charge in [0.05, 0.1) is 24.5 Å². The molecule has 2 aromatic carbocycles. The van der Waals surface area contributed by atoms with Crippen LogP contribution in [0.2, 0.25) is 0 Å². The molecular weight excluding hydrogens is 536 g/mol. The third-order valence-electron chi connectivity index (χ3n) is 8.64. The lowest BCUT2D eigenvalue weighted by Gasteiger charge is -2.35. The molecule has 0 spiro atoms. The lowest BCUT2D eigenvalue weighted by molar-refractivity contribution is -0.881. The second-order valence-corrected chi connectivity index (χ2v) is 13.1. The van der Waals surface area contributed by atoms with E-state index in [1.54, 1.807) is 12.1 Å². The summed E-state index contributed by atoms with van der Waals surface area (Å²) in [6.07, 6.45) is 8.53. The molecule has 0 unspecified atom stereocenters. The van der Waals surface area contributed by atoms with Gasteiger partial charge >= 0.3 is 0 Å². The maximum absolute atomic E-state index is 14.1. The Balaban J connectivity index is 0.00000189. The van der Waals surface area contributed by atoms with Gasteiger partial charge in [-0.15, -0.1) is 0 Å². The Kier molecular flexibility index (Phi) is 8.30. The molecule has 0 aromatic heterocycles. The van der Waals surface area contributed by atoms with Crippen LogP contribution in [-0.2, 0) is 10.8 Å². The number of nitrogens with zero attached hydrogens (tertiary/aromatic N) is 3. The molecule has 0 saturated heterocycles. The van der Waals surface area contributed by atoms with Gasteiger partial charge in [-0.2, -0.15) is 4.58 Å². The summed E-state index contributed by atoms with van der Waals surface area (Å²) in [5, 5.41) is 0.769. The predicted molar refractivity (Wildman–Crippen MR) is 169 cm³/mol. The number of allylic oxidation sites excluding steroid dienone is 4. The van der Waals surface area contributed by atoms with Crippen molar-refractivity contribution in [1.82, 2.24) is 0 Å². The maximum atomic E-state index is 14.1. The van der Waals surface area contributed by atoms with Crippen molar-refractivity contribution < 1.29 is 17.8 Å². The van der Waals surface area contributed by atoms with Crippen LogP contribution in [0.5, 0.6) is 0 Å². The maximum Gasteiger partial charge on any atom is 0.209 e. The molecule has 0 radical (unpaired) electrons. The second-order valence-electron chi connectivity index (χ2n) is 12.7. The minimum absolute atomic E-state index is 0.217. The van der Waals surface area contributed by atoms with Crippen LogP contribution in [0.1, 0.15) is 52.7 Å². The molecule has 218 valence electrons. The predicted octanol–water partition coefficient (Wildman–Crippen LogP) is 8.37. The number of quaternary nitrogens is 1. The molecule has 0 saturated carbocycles. The van der Waals surface area contributed by atoms with E-state index in [2.05, 4.69) is 75.6 Å². The zero-order valence-corrected chi connectivity index (χ0v) is 26.9. The Morgan fingerprint density at radius 2 is 1.49 bits per heavy atom. The molecule has 3 nitrogen and oxygen atoms in total. The number of fused-ring (bicyclic) bond motifs is 2. The minimum Gasteiger partial charge on any atom is -0.347 e. The van der Waals surface area contributed by atoms with E-state index in [1.165, 1.54) is 12.1 Å². The van der Waals surface area contributed by atoms with Crippen LogP contribution in [0.3, 0.4) is 0 Å². The fraction of sp³-hybridized carbons (Fsp3) is 0.400. The van der Waals surface area contributed by atoms with Crippen LogP contribution in [0, 0.1) is 11.6 Å². The summed E-state index contributed by atoms with van der Waals surface area (Å²) in [5.74, 6) is -0.434. The summed E-state index contributed by atoms with van der Waals surface area (Å²) >= 11 is 7.07. The van der Waals surface area contributed by atoms with Crippen molar-refractivity contribution >= 4 is 28.7 Å². The average Bonchev–Trinajstić information content (AvgIpc) is 3.21. The molecule has 41 heavy (non-hydrogen) atoms. The quantitative estimate of drug-likeness (QED) is 0.261. The topological polar surface area (TPSA) is 6.25 Å². The molecule has 0 N–H and O–H groups in total. The molecule has 6 heteroatoms. The fourth-order valence-electron chi connectivity index (χ4n) is 6.55. The van der Waals surface area contributed by atoms with Crippen molar-refractivity contribution in [3.8, 4) is 0 Å². The van der Waals surface area contributed by atoms with Gasteiger partial charge in [0.15, 0.2) is 5.71 Å². The summed E-state index contributed by atoms with van der Waals surface area (Å²) in [7, 11) is 8.48. The SMILES string of the molecule is CC.CN1/C(=C/C=C2\C[N+](C)(C)CC(/C=C/C3=[N+](C)c4ccc(F)cc4C3(C)C)=C2Cl)C(C)(C)c2cc(F)ccc21. The van der Waals surface area contributed by atoms with Gasteiger partial charge < -0.3 is 9.38 Å². The van der Waals surface area contributed by atoms with Gasteiger partial charge in [-0.25, -0.2) is 8.78 Å². The Morgan fingerprint density at radius 3 is 2.15 bits per heavy atom. The standard InChI is InChI=1S/C33H38ClF2N3.C2H6/c1-32(2)25-17-23(35)11-13-27(25)37(5)29(32)15-9-21-19-39(7,8)20-22(31(21)34)10-16-30-33(3,4)26-18-24(36)12-14-28(26)38(30)6;1-2/h9-18H,19-20H2,1-8H3;1-2H3/q+2;. The van der Waals surface area contributed by atoms with Gasteiger partial charge in [0.1, 0.15) is 31.8 Å². The first-order chi connectivity index (χ1) is 19.1. The number of benzene rings is 2. The normalized spacial score (nSPS) is 22.4. The Morgan fingerprint density at radius 1 is 0.878 bits per heavy atom. The summed E-state index contributed by atoms with van der Waals surface area (Å²) < 4.78 is 31.0. The van der Waals surface area contributed by atoms with E-state index >= 15 is 0 Å². The molecule has 3 aliphatic heterocycles. The summed E-state index contributed by atoms with van der Waals surface area (Å²) in [6.45, 7) is 14.1. The van der Waals surface area contributed by atoms with Crippen molar-refractivity contribution in [2.45, 2.75) is 52.4 Å². The van der Waals surface area contributed by atoms with E-state index in [-0.39, 0.29) is 22.5 Å². The van der Waals surface area contributed by atoms with Crippen molar-refractivity contribution in [2.24, 2.45) is 0 Å². The zero-order chi connectivity index (χ0) is 30.5. The van der Waals surface area contributed by atoms with Gasteiger partial charge in [0.25, 0.3) is 0 Å². The van der Waals surface area contributed by atoms with E-state index in [0.29, 0.717) is 0 Å². The van der Waals surface area contributed by atoms with Crippen molar-refractivity contribution in [3.05, 3.63) is 105 Å². The van der Waals surface area contributed by atoms with Gasteiger partial charge in [0, 0.05) is 52.7 Å². The Hall–Kier alpha value is -3.02. The number of hydrogen-bond acceptors (Lipinski definition) is 1. The fourth-order valence-corrected chi connectivity index (χ4v) is 6.80. The molecule has 3 heterocycles. The molecule has 2 aromatic rings. The van der Waals surface area contributed by atoms with Crippen LogP contribution in [0.4, 0.5) is 20.2 Å². The van der Waals surface area contributed by atoms with Gasteiger partial charge in [-0.1, -0.05) is 45.4 Å². The molecule has 0 amide bonds. The average molecular weight is 580 g/mol. The molecular formula is C35H44ClF2N3+2.